The highest BCUT2D eigenvalue weighted by Crippen LogP contribution is 2.62. The monoisotopic (exact) mass is 890 g/mol. The lowest BCUT2D eigenvalue weighted by Gasteiger charge is -2.44. The third-order valence-corrected chi connectivity index (χ3v) is 15.0. The van der Waals surface area contributed by atoms with E-state index in [1.54, 1.807) is 68.4 Å². The molecule has 1 saturated carbocycles. The van der Waals surface area contributed by atoms with Gasteiger partial charge in [-0.15, -0.1) is 11.3 Å². The van der Waals surface area contributed by atoms with E-state index in [1.807, 2.05) is 0 Å². The molecule has 0 spiro atoms. The number of ether oxygens (including phenoxy) is 3. The zero-order valence-electron chi connectivity index (χ0n) is 35.5. The summed E-state index contributed by atoms with van der Waals surface area (Å²) in [6.45, 7) is 10.5. The molecule has 2 aromatic rings. The van der Waals surface area contributed by atoms with Crippen molar-refractivity contribution in [3.63, 3.8) is 0 Å². The zero-order chi connectivity index (χ0) is 44.0. The molecule has 5 aliphatic rings. The van der Waals surface area contributed by atoms with Gasteiger partial charge in [0.25, 0.3) is 5.91 Å². The van der Waals surface area contributed by atoms with Gasteiger partial charge < -0.3 is 34.2 Å². The van der Waals surface area contributed by atoms with Crippen molar-refractivity contribution in [3.05, 3.63) is 34.7 Å². The minimum absolute atomic E-state index is 0.0263. The number of hydrogen-bond acceptors (Lipinski definition) is 13. The number of carbonyl (C=O) groups excluding carboxylic acids is 6. The first-order valence-electron chi connectivity index (χ1n) is 20.9. The number of benzene rings is 1. The van der Waals surface area contributed by atoms with Gasteiger partial charge >= 0.3 is 19.5 Å². The van der Waals surface area contributed by atoms with E-state index in [0.717, 1.165) is 24.2 Å². The van der Waals surface area contributed by atoms with E-state index in [2.05, 4.69) is 5.32 Å². The molecule has 6 atom stereocenters. The van der Waals surface area contributed by atoms with Crippen LogP contribution in [0.4, 0.5) is 4.39 Å². The van der Waals surface area contributed by atoms with Crippen LogP contribution in [0.15, 0.2) is 24.3 Å². The maximum absolute atomic E-state index is 16.3. The maximum atomic E-state index is 16.3. The van der Waals surface area contributed by atoms with Crippen molar-refractivity contribution in [2.24, 2.45) is 28.6 Å². The molecular formula is C42H56FN4O12PS. The number of rotatable bonds is 12. The Labute approximate surface area is 358 Å². The summed E-state index contributed by atoms with van der Waals surface area (Å²) < 4.78 is 56.8. The van der Waals surface area contributed by atoms with Gasteiger partial charge in [0.05, 0.1) is 34.8 Å². The van der Waals surface area contributed by atoms with Crippen molar-refractivity contribution in [2.45, 2.75) is 97.7 Å². The van der Waals surface area contributed by atoms with Gasteiger partial charge in [-0.05, 0) is 115 Å². The first-order valence-corrected chi connectivity index (χ1v) is 23.4. The molecule has 5 heterocycles. The molecule has 4 saturated heterocycles. The second-order valence-electron chi connectivity index (χ2n) is 18.8. The first-order chi connectivity index (χ1) is 28.7. The lowest BCUT2D eigenvalue weighted by molar-refractivity contribution is -0.162. The predicted molar refractivity (Wildman–Crippen MR) is 219 cm³/mol. The number of amides is 4. The molecule has 4 amide bonds. The molecule has 4 aliphatic heterocycles. The highest BCUT2D eigenvalue weighted by Gasteiger charge is 2.53. The van der Waals surface area contributed by atoms with Crippen LogP contribution in [0.1, 0.15) is 94.8 Å². The number of likely N-dealkylation sites (tertiary alicyclic amines) is 1. The van der Waals surface area contributed by atoms with E-state index >= 15 is 4.39 Å². The van der Waals surface area contributed by atoms with Crippen molar-refractivity contribution >= 4 is 64.6 Å². The van der Waals surface area contributed by atoms with Crippen LogP contribution in [0.5, 0.6) is 0 Å². The molecule has 7 rings (SSSR count). The molecule has 0 radical (unpaired) electrons. The Morgan fingerprint density at radius 1 is 0.869 bits per heavy atom. The van der Waals surface area contributed by atoms with Crippen LogP contribution in [-0.2, 0) is 51.8 Å². The second-order valence-corrected chi connectivity index (χ2v) is 21.9. The number of hydrogen-bond donors (Lipinski definition) is 1. The Bertz CT molecular complexity index is 2050. The van der Waals surface area contributed by atoms with Crippen molar-refractivity contribution in [2.75, 3.05) is 53.0 Å². The Hall–Kier alpha value is -3.96. The molecule has 0 unspecified atom stereocenters. The molecule has 334 valence electrons. The largest absolute Gasteiger partial charge is 0.438 e. The van der Waals surface area contributed by atoms with E-state index in [4.69, 9.17) is 23.3 Å². The Morgan fingerprint density at radius 2 is 1.49 bits per heavy atom. The van der Waals surface area contributed by atoms with Crippen molar-refractivity contribution < 1.29 is 61.0 Å². The van der Waals surface area contributed by atoms with Gasteiger partial charge in [0, 0.05) is 36.9 Å². The number of carbonyl (C=O) groups is 6. The molecule has 19 heteroatoms. The summed E-state index contributed by atoms with van der Waals surface area (Å²) in [5.74, 6) is -4.29. The summed E-state index contributed by atoms with van der Waals surface area (Å²) >= 11 is 1.13. The number of esters is 2. The number of fused-ring (bicyclic) bond motifs is 3. The summed E-state index contributed by atoms with van der Waals surface area (Å²) in [6.07, 6.45) is 3.43. The van der Waals surface area contributed by atoms with E-state index in [9.17, 15) is 33.3 Å². The van der Waals surface area contributed by atoms with E-state index < -0.39 is 67.9 Å². The van der Waals surface area contributed by atoms with Crippen molar-refractivity contribution in [1.29, 1.82) is 0 Å². The summed E-state index contributed by atoms with van der Waals surface area (Å²) in [4.78, 5) is 85.2. The number of halogens is 1. The molecule has 0 bridgehead atoms. The summed E-state index contributed by atoms with van der Waals surface area (Å²) in [5, 5.41) is 3.40. The van der Waals surface area contributed by atoms with Crippen LogP contribution in [0.3, 0.4) is 0 Å². The van der Waals surface area contributed by atoms with Crippen LogP contribution >= 0.6 is 18.9 Å². The molecule has 61 heavy (non-hydrogen) atoms. The van der Waals surface area contributed by atoms with E-state index in [-0.39, 0.29) is 46.0 Å². The summed E-state index contributed by atoms with van der Waals surface area (Å²) in [5.41, 5.74) is -1.98. The summed E-state index contributed by atoms with van der Waals surface area (Å²) in [6, 6.07) is 4.22. The molecule has 16 nitrogen and oxygen atoms in total. The highest BCUT2D eigenvalue weighted by molar-refractivity contribution is 7.54. The first kappa shape index (κ1) is 45.1. The van der Waals surface area contributed by atoms with Crippen LogP contribution in [0, 0.1) is 28.6 Å². The fraction of sp³-hybridized carbons (Fsp3) is 0.667. The maximum Gasteiger partial charge on any atom is 0.374 e. The van der Waals surface area contributed by atoms with Crippen LogP contribution in [-0.4, -0.2) is 121 Å². The average Bonchev–Trinajstić information content (AvgIpc) is 3.54. The predicted octanol–water partition coefficient (Wildman–Crippen LogP) is 5.39. The number of alkyl halides is 1. The van der Waals surface area contributed by atoms with E-state index in [1.165, 1.54) is 12.1 Å². The van der Waals surface area contributed by atoms with Gasteiger partial charge in [-0.3, -0.25) is 42.4 Å². The highest BCUT2D eigenvalue weighted by atomic mass is 32.1. The van der Waals surface area contributed by atoms with Crippen LogP contribution in [0.2, 0.25) is 0 Å². The Morgan fingerprint density at radius 3 is 2.11 bits per heavy atom. The van der Waals surface area contributed by atoms with Gasteiger partial charge in [-0.1, -0.05) is 6.07 Å². The number of morpholine rings is 1. The normalized spacial score (nSPS) is 25.1. The minimum Gasteiger partial charge on any atom is -0.438 e. The molecule has 1 aromatic heterocycles. The van der Waals surface area contributed by atoms with Gasteiger partial charge in [-0.25, -0.2) is 4.39 Å². The topological polar surface area (TPSA) is 187 Å². The third-order valence-electron chi connectivity index (χ3n) is 12.1. The number of nitrogens with zero attached hydrogens (tertiary/aromatic N) is 3. The van der Waals surface area contributed by atoms with Gasteiger partial charge in [-0.2, -0.15) is 0 Å². The fourth-order valence-corrected chi connectivity index (χ4v) is 10.5. The third kappa shape index (κ3) is 9.98. The van der Waals surface area contributed by atoms with Gasteiger partial charge in [0.1, 0.15) is 12.1 Å². The lowest BCUT2D eigenvalue weighted by atomic mass is 9.96. The molecule has 1 aromatic carbocycles. The zero-order valence-corrected chi connectivity index (χ0v) is 37.2. The lowest BCUT2D eigenvalue weighted by Crippen LogP contribution is -2.62. The Kier molecular flexibility index (Phi) is 13.1. The molecular weight excluding hydrogens is 835 g/mol. The van der Waals surface area contributed by atoms with Gasteiger partial charge in [0.2, 0.25) is 37.2 Å². The minimum atomic E-state index is -4.81. The fourth-order valence-electron chi connectivity index (χ4n) is 8.34. The number of thiophene rings is 1. The van der Waals surface area contributed by atoms with Crippen LogP contribution < -0.4 is 5.32 Å². The van der Waals surface area contributed by atoms with Crippen molar-refractivity contribution in [3.8, 4) is 0 Å². The SMILES string of the molecule is CC(C)(C)C(=O)OCOP(=O)(OCOC(=O)C(C)(C)C)[C@@H](F)c1ccc2sc(C(=O)N[C@H]3C[C@@H]4C[C@@H]4C[C@H]4CC[C@@H](C(=O)N5CC(C(=O)N6CCOCC6)C5)N4C3=O)cc2c1. The number of nitrogens with one attached hydrogen (secondary N) is 1. The second kappa shape index (κ2) is 17.7. The smallest absolute Gasteiger partial charge is 0.374 e. The quantitative estimate of drug-likeness (QED) is 0.163. The summed E-state index contributed by atoms with van der Waals surface area (Å²) in [7, 11) is -4.81. The standard InChI is InChI=1S/C42H56FN4O12PS/c1-41(2,3)39(52)56-22-58-60(54,59-23-57-40(53)42(4,5)6)34(43)24-7-10-32-27(15-24)19-33(61-32)35(48)44-30-18-26-16-25(26)17-29-8-9-31(47(29)37(30)50)38(51)46-20-28(21-46)36(49)45-11-13-55-14-12-45/h7,10,15,19,25-26,28-31,34H,8-9,11-14,16-18,20-23H2,1-6H3,(H,44,48)/t25-,26+,29-,30+,31+,34-/m1/s1. The molecule has 1 aliphatic carbocycles. The van der Waals surface area contributed by atoms with Gasteiger partial charge in [0.15, 0.2) is 0 Å². The average molecular weight is 891 g/mol. The van der Waals surface area contributed by atoms with Crippen LogP contribution in [0.25, 0.3) is 10.1 Å². The molecule has 5 fully saturated rings. The Balaban J connectivity index is 1.02. The van der Waals surface area contributed by atoms with E-state index in [0.29, 0.717) is 74.7 Å². The molecule has 1 N–H and O–H groups in total. The van der Waals surface area contributed by atoms with Crippen molar-refractivity contribution in [1.82, 2.24) is 20.0 Å².